The number of benzene rings is 1. The Hall–Kier alpha value is -0.0500. The van der Waals surface area contributed by atoms with Crippen LogP contribution in [0.5, 0.6) is 0 Å². The van der Waals surface area contributed by atoms with Gasteiger partial charge in [-0.05, 0) is 12.1 Å². The molecule has 0 aliphatic heterocycles. The molecule has 0 unspecified atom stereocenters. The van der Waals surface area contributed by atoms with E-state index in [9.17, 15) is 4.39 Å². The third kappa shape index (κ3) is 2.97. The molecule has 0 nitrogen and oxygen atoms in total. The molecular formula is C9H6BrCl2F. The Labute approximate surface area is 94.5 Å². The molecule has 0 aromatic heterocycles. The molecule has 0 saturated carbocycles. The average Bonchev–Trinajstić information content (AvgIpc) is 2.02. The highest BCUT2D eigenvalue weighted by atomic mass is 79.9. The molecule has 0 aliphatic rings. The van der Waals surface area contributed by atoms with Crippen LogP contribution in [-0.2, 0) is 0 Å². The van der Waals surface area contributed by atoms with E-state index < -0.39 is 5.82 Å². The third-order valence-corrected chi connectivity index (χ3v) is 2.42. The molecular weight excluding hydrogens is 278 g/mol. The fourth-order valence-electron chi connectivity index (χ4n) is 0.875. The maximum absolute atomic E-state index is 12.7. The molecule has 0 bridgehead atoms. The van der Waals surface area contributed by atoms with Crippen molar-refractivity contribution < 1.29 is 4.39 Å². The average molecular weight is 284 g/mol. The van der Waals surface area contributed by atoms with Crippen LogP contribution >= 0.6 is 39.1 Å². The topological polar surface area (TPSA) is 0 Å². The molecule has 4 heteroatoms. The second kappa shape index (κ2) is 4.99. The summed E-state index contributed by atoms with van der Waals surface area (Å²) < 4.78 is 12.7. The summed E-state index contributed by atoms with van der Waals surface area (Å²) in [4.78, 5) is 0. The molecule has 0 aliphatic carbocycles. The van der Waals surface area contributed by atoms with Crippen molar-refractivity contribution >= 4 is 45.2 Å². The SMILES string of the molecule is Fc1cc(Cl)c(C=CCBr)c(Cl)c1. The predicted octanol–water partition coefficient (Wildman–Crippen LogP) is 4.54. The maximum Gasteiger partial charge on any atom is 0.126 e. The molecule has 1 rings (SSSR count). The van der Waals surface area contributed by atoms with E-state index in [2.05, 4.69) is 15.9 Å². The van der Waals surface area contributed by atoms with Gasteiger partial charge in [-0.3, -0.25) is 0 Å². The Balaban J connectivity index is 3.13. The van der Waals surface area contributed by atoms with Gasteiger partial charge in [0.2, 0.25) is 0 Å². The lowest BCUT2D eigenvalue weighted by atomic mass is 10.2. The highest BCUT2D eigenvalue weighted by Gasteiger charge is 2.04. The van der Waals surface area contributed by atoms with Crippen LogP contribution in [0.25, 0.3) is 6.08 Å². The van der Waals surface area contributed by atoms with E-state index in [1.807, 2.05) is 6.08 Å². The number of halogens is 4. The van der Waals surface area contributed by atoms with Crippen molar-refractivity contribution in [3.05, 3.63) is 39.6 Å². The predicted molar refractivity (Wildman–Crippen MR) is 59.2 cm³/mol. The molecule has 0 radical (unpaired) electrons. The highest BCUT2D eigenvalue weighted by Crippen LogP contribution is 2.27. The minimum Gasteiger partial charge on any atom is -0.207 e. The van der Waals surface area contributed by atoms with Gasteiger partial charge in [-0.25, -0.2) is 4.39 Å². The van der Waals surface area contributed by atoms with Crippen molar-refractivity contribution in [2.75, 3.05) is 5.33 Å². The number of rotatable bonds is 2. The lowest BCUT2D eigenvalue weighted by Crippen LogP contribution is -1.81. The summed E-state index contributed by atoms with van der Waals surface area (Å²) in [5.41, 5.74) is 0.643. The number of allylic oxidation sites excluding steroid dienone is 1. The van der Waals surface area contributed by atoms with Crippen LogP contribution in [0.4, 0.5) is 4.39 Å². The molecule has 13 heavy (non-hydrogen) atoms. The number of hydrogen-bond donors (Lipinski definition) is 0. The van der Waals surface area contributed by atoms with E-state index in [4.69, 9.17) is 23.2 Å². The summed E-state index contributed by atoms with van der Waals surface area (Å²) in [6.45, 7) is 0. The zero-order chi connectivity index (χ0) is 9.84. The van der Waals surface area contributed by atoms with Crippen molar-refractivity contribution in [1.29, 1.82) is 0 Å². The smallest absolute Gasteiger partial charge is 0.126 e. The van der Waals surface area contributed by atoms with E-state index in [-0.39, 0.29) is 0 Å². The molecule has 0 amide bonds. The van der Waals surface area contributed by atoms with Crippen LogP contribution < -0.4 is 0 Å². The summed E-state index contributed by atoms with van der Waals surface area (Å²) in [6.07, 6.45) is 3.59. The molecule has 70 valence electrons. The largest absolute Gasteiger partial charge is 0.207 e. The van der Waals surface area contributed by atoms with Gasteiger partial charge in [0.15, 0.2) is 0 Å². The van der Waals surface area contributed by atoms with Crippen molar-refractivity contribution in [2.24, 2.45) is 0 Å². The Morgan fingerprint density at radius 2 is 1.85 bits per heavy atom. The van der Waals surface area contributed by atoms with Crippen LogP contribution in [0.2, 0.25) is 10.0 Å². The second-order valence-electron chi connectivity index (χ2n) is 2.34. The molecule has 0 fully saturated rings. The first kappa shape index (κ1) is 11.0. The maximum atomic E-state index is 12.7. The highest BCUT2D eigenvalue weighted by molar-refractivity contribution is 9.09. The Bertz CT molecular complexity index is 313. The Morgan fingerprint density at radius 3 is 2.31 bits per heavy atom. The van der Waals surface area contributed by atoms with E-state index in [1.54, 1.807) is 6.08 Å². The Kier molecular flexibility index (Phi) is 4.23. The van der Waals surface area contributed by atoms with Crippen LogP contribution in [0.3, 0.4) is 0 Å². The van der Waals surface area contributed by atoms with Crippen LogP contribution in [0, 0.1) is 5.82 Å². The molecule has 0 spiro atoms. The summed E-state index contributed by atoms with van der Waals surface area (Å²) in [5, 5.41) is 1.35. The molecule has 0 saturated heterocycles. The summed E-state index contributed by atoms with van der Waals surface area (Å²) in [6, 6.07) is 2.47. The fourth-order valence-corrected chi connectivity index (χ4v) is 1.65. The first-order chi connectivity index (χ1) is 6.15. The van der Waals surface area contributed by atoms with Gasteiger partial charge in [0.05, 0.1) is 10.0 Å². The van der Waals surface area contributed by atoms with Crippen molar-refractivity contribution in [1.82, 2.24) is 0 Å². The first-order valence-corrected chi connectivity index (χ1v) is 5.40. The Morgan fingerprint density at radius 1 is 1.31 bits per heavy atom. The quantitative estimate of drug-likeness (QED) is 0.699. The lowest BCUT2D eigenvalue weighted by Gasteiger charge is -2.01. The van der Waals surface area contributed by atoms with Gasteiger partial charge in [-0.1, -0.05) is 51.3 Å². The minimum absolute atomic E-state index is 0.321. The van der Waals surface area contributed by atoms with Gasteiger partial charge in [0.1, 0.15) is 5.82 Å². The summed E-state index contributed by atoms with van der Waals surface area (Å²) >= 11 is 14.8. The third-order valence-electron chi connectivity index (χ3n) is 1.42. The first-order valence-electron chi connectivity index (χ1n) is 3.52. The van der Waals surface area contributed by atoms with Crippen LogP contribution in [0.15, 0.2) is 18.2 Å². The molecule has 1 aromatic carbocycles. The fraction of sp³-hybridized carbons (Fsp3) is 0.111. The van der Waals surface area contributed by atoms with Gasteiger partial charge in [0, 0.05) is 10.9 Å². The van der Waals surface area contributed by atoms with Gasteiger partial charge in [0.25, 0.3) is 0 Å². The minimum atomic E-state index is -0.425. The number of alkyl halides is 1. The van der Waals surface area contributed by atoms with Crippen molar-refractivity contribution in [3.63, 3.8) is 0 Å². The molecule has 0 atom stereocenters. The van der Waals surface area contributed by atoms with Gasteiger partial charge in [-0.2, -0.15) is 0 Å². The zero-order valence-electron chi connectivity index (χ0n) is 6.53. The van der Waals surface area contributed by atoms with Crippen LogP contribution in [0.1, 0.15) is 5.56 Å². The van der Waals surface area contributed by atoms with Crippen LogP contribution in [-0.4, -0.2) is 5.33 Å². The standard InChI is InChI=1S/C9H6BrCl2F/c10-3-1-2-7-8(11)4-6(13)5-9(7)12/h1-2,4-5H,3H2. The van der Waals surface area contributed by atoms with E-state index >= 15 is 0 Å². The van der Waals surface area contributed by atoms with E-state index in [0.29, 0.717) is 20.9 Å². The molecule has 1 aromatic rings. The lowest BCUT2D eigenvalue weighted by molar-refractivity contribution is 0.628. The van der Waals surface area contributed by atoms with E-state index in [0.717, 1.165) is 0 Å². The van der Waals surface area contributed by atoms with Gasteiger partial charge >= 0.3 is 0 Å². The van der Waals surface area contributed by atoms with E-state index in [1.165, 1.54) is 12.1 Å². The zero-order valence-corrected chi connectivity index (χ0v) is 9.63. The van der Waals surface area contributed by atoms with Crippen molar-refractivity contribution in [3.8, 4) is 0 Å². The normalized spacial score (nSPS) is 11.1. The monoisotopic (exact) mass is 282 g/mol. The summed E-state index contributed by atoms with van der Waals surface area (Å²) in [7, 11) is 0. The van der Waals surface area contributed by atoms with Crippen molar-refractivity contribution in [2.45, 2.75) is 0 Å². The second-order valence-corrected chi connectivity index (χ2v) is 3.80. The van der Waals surface area contributed by atoms with Gasteiger partial charge < -0.3 is 0 Å². The molecule has 0 heterocycles. The number of hydrogen-bond acceptors (Lipinski definition) is 0. The van der Waals surface area contributed by atoms with Gasteiger partial charge in [-0.15, -0.1) is 0 Å². The molecule has 0 N–H and O–H groups in total. The summed E-state index contributed by atoms with van der Waals surface area (Å²) in [5.74, 6) is -0.425.